The Balaban J connectivity index is 1.41. The van der Waals surface area contributed by atoms with Crippen LogP contribution in [0, 0.1) is 6.92 Å². The summed E-state index contributed by atoms with van der Waals surface area (Å²) in [5, 5.41) is 5.59. The number of carbonyl (C=O) groups excluding carboxylic acids is 1. The van der Waals surface area contributed by atoms with Gasteiger partial charge < -0.3 is 14.5 Å². The van der Waals surface area contributed by atoms with Crippen molar-refractivity contribution in [2.75, 3.05) is 38.2 Å². The zero-order valence-electron chi connectivity index (χ0n) is 17.3. The summed E-state index contributed by atoms with van der Waals surface area (Å²) in [5.41, 5.74) is 2.94. The Bertz CT molecular complexity index is 1080. The number of benzene rings is 1. The van der Waals surface area contributed by atoms with Gasteiger partial charge in [0.05, 0.1) is 28.5 Å². The summed E-state index contributed by atoms with van der Waals surface area (Å²) in [6, 6.07) is 7.45. The predicted molar refractivity (Wildman–Crippen MR) is 120 cm³/mol. The summed E-state index contributed by atoms with van der Waals surface area (Å²) in [5.74, 6) is 0.646. The van der Waals surface area contributed by atoms with E-state index in [2.05, 4.69) is 20.0 Å². The predicted octanol–water partition coefficient (Wildman–Crippen LogP) is 3.31. The Kier molecular flexibility index (Phi) is 6.29. The normalized spacial score (nSPS) is 14.1. The van der Waals surface area contributed by atoms with Gasteiger partial charge in [0.15, 0.2) is 0 Å². The third kappa shape index (κ3) is 4.45. The first-order valence-electron chi connectivity index (χ1n) is 9.83. The molecule has 8 nitrogen and oxygen atoms in total. The molecule has 1 fully saturated rings. The molecule has 3 aromatic rings. The molecule has 0 atom stereocenters. The monoisotopic (exact) mass is 460 g/mol. The van der Waals surface area contributed by atoms with E-state index in [4.69, 9.17) is 27.9 Å². The largest absolute Gasteiger partial charge is 0.495 e. The van der Waals surface area contributed by atoms with Crippen LogP contribution < -0.4 is 9.64 Å². The van der Waals surface area contributed by atoms with Crippen molar-refractivity contribution in [1.29, 1.82) is 0 Å². The van der Waals surface area contributed by atoms with Crippen LogP contribution in [0.1, 0.15) is 5.69 Å². The summed E-state index contributed by atoms with van der Waals surface area (Å²) in [4.78, 5) is 25.1. The number of aromatic nitrogens is 4. The number of nitrogens with zero attached hydrogens (tertiary/aromatic N) is 6. The smallest absolute Gasteiger partial charge is 0.244 e. The minimum absolute atomic E-state index is 0.00448. The van der Waals surface area contributed by atoms with Crippen molar-refractivity contribution < 1.29 is 9.53 Å². The Morgan fingerprint density at radius 2 is 1.94 bits per heavy atom. The fourth-order valence-corrected chi connectivity index (χ4v) is 3.99. The molecule has 1 aliphatic heterocycles. The van der Waals surface area contributed by atoms with Gasteiger partial charge in [-0.1, -0.05) is 23.2 Å². The van der Waals surface area contributed by atoms with Gasteiger partial charge in [-0.05, 0) is 25.1 Å². The van der Waals surface area contributed by atoms with Crippen molar-refractivity contribution in [2.24, 2.45) is 0 Å². The summed E-state index contributed by atoms with van der Waals surface area (Å²) in [7, 11) is 1.60. The van der Waals surface area contributed by atoms with Gasteiger partial charge in [0, 0.05) is 44.1 Å². The molecule has 10 heteroatoms. The number of hydrogen-bond donors (Lipinski definition) is 0. The zero-order chi connectivity index (χ0) is 22.0. The first kappa shape index (κ1) is 21.4. The molecule has 0 unspecified atom stereocenters. The molecular formula is C21H22Cl2N6O2. The van der Waals surface area contributed by atoms with E-state index in [-0.39, 0.29) is 12.5 Å². The highest BCUT2D eigenvalue weighted by molar-refractivity contribution is 6.33. The van der Waals surface area contributed by atoms with Gasteiger partial charge in [-0.25, -0.2) is 9.97 Å². The fraction of sp³-hybridized carbons (Fsp3) is 0.333. The highest BCUT2D eigenvalue weighted by Gasteiger charge is 2.24. The van der Waals surface area contributed by atoms with Gasteiger partial charge in [-0.2, -0.15) is 5.10 Å². The third-order valence-corrected chi connectivity index (χ3v) is 6.14. The van der Waals surface area contributed by atoms with Gasteiger partial charge in [0.2, 0.25) is 5.91 Å². The van der Waals surface area contributed by atoms with Crippen LogP contribution in [0.3, 0.4) is 0 Å². The van der Waals surface area contributed by atoms with Crippen LogP contribution in [0.15, 0.2) is 36.8 Å². The topological polar surface area (TPSA) is 76.4 Å². The van der Waals surface area contributed by atoms with Crippen molar-refractivity contribution in [3.05, 3.63) is 52.5 Å². The highest BCUT2D eigenvalue weighted by atomic mass is 35.5. The van der Waals surface area contributed by atoms with E-state index in [9.17, 15) is 4.79 Å². The summed E-state index contributed by atoms with van der Waals surface area (Å²) < 4.78 is 6.94. The number of rotatable bonds is 5. The summed E-state index contributed by atoms with van der Waals surface area (Å²) in [6.45, 7) is 4.67. The lowest BCUT2D eigenvalue weighted by Gasteiger charge is -2.36. The average Bonchev–Trinajstić information content (AvgIpc) is 3.08. The van der Waals surface area contributed by atoms with Crippen LogP contribution in [-0.2, 0) is 11.3 Å². The Morgan fingerprint density at radius 1 is 1.16 bits per heavy atom. The summed E-state index contributed by atoms with van der Waals surface area (Å²) >= 11 is 12.6. The zero-order valence-corrected chi connectivity index (χ0v) is 18.8. The van der Waals surface area contributed by atoms with Gasteiger partial charge in [-0.15, -0.1) is 0 Å². The standard InChI is InChI=1S/C21H22Cl2N6O2/c1-14-20(23)21(17-5-6-24-13-25-17)26-29(14)12-19(30)28-9-7-27(8-10-28)15-3-4-16(22)18(11-15)31-2/h3-6,11,13H,7-10,12H2,1-2H3. The van der Waals surface area contributed by atoms with Crippen molar-refractivity contribution in [3.63, 3.8) is 0 Å². The fourth-order valence-electron chi connectivity index (χ4n) is 3.56. The molecule has 0 aliphatic carbocycles. The lowest BCUT2D eigenvalue weighted by Crippen LogP contribution is -2.49. The maximum atomic E-state index is 12.9. The second-order valence-corrected chi connectivity index (χ2v) is 7.97. The van der Waals surface area contributed by atoms with Crippen LogP contribution in [0.25, 0.3) is 11.4 Å². The van der Waals surface area contributed by atoms with Crippen LogP contribution >= 0.6 is 23.2 Å². The maximum absolute atomic E-state index is 12.9. The van der Waals surface area contributed by atoms with Crippen LogP contribution in [0.5, 0.6) is 5.75 Å². The number of ether oxygens (including phenoxy) is 1. The Morgan fingerprint density at radius 3 is 2.61 bits per heavy atom. The van der Waals surface area contributed by atoms with Crippen molar-refractivity contribution in [3.8, 4) is 17.1 Å². The number of piperazine rings is 1. The number of anilines is 1. The molecule has 3 heterocycles. The number of carbonyl (C=O) groups is 1. The van der Waals surface area contributed by atoms with Crippen LogP contribution in [-0.4, -0.2) is 63.8 Å². The van der Waals surface area contributed by atoms with Gasteiger partial charge in [0.25, 0.3) is 0 Å². The quantitative estimate of drug-likeness (QED) is 0.581. The molecule has 1 saturated heterocycles. The number of hydrogen-bond acceptors (Lipinski definition) is 6. The van der Waals surface area contributed by atoms with Gasteiger partial charge in [-0.3, -0.25) is 9.48 Å². The molecule has 1 aromatic carbocycles. The minimum Gasteiger partial charge on any atom is -0.495 e. The van der Waals surface area contributed by atoms with Gasteiger partial charge in [0.1, 0.15) is 24.3 Å². The Labute approximate surface area is 190 Å². The van der Waals surface area contributed by atoms with E-state index in [0.29, 0.717) is 40.3 Å². The summed E-state index contributed by atoms with van der Waals surface area (Å²) in [6.07, 6.45) is 3.08. The van der Waals surface area contributed by atoms with Crippen molar-refractivity contribution in [2.45, 2.75) is 13.5 Å². The maximum Gasteiger partial charge on any atom is 0.244 e. The van der Waals surface area contributed by atoms with Gasteiger partial charge >= 0.3 is 0 Å². The minimum atomic E-state index is 0.00448. The second kappa shape index (κ2) is 9.11. The molecule has 0 saturated carbocycles. The van der Waals surface area contributed by atoms with E-state index in [1.165, 1.54) is 6.33 Å². The molecule has 0 N–H and O–H groups in total. The van der Waals surface area contributed by atoms with Crippen LogP contribution in [0.2, 0.25) is 10.0 Å². The molecule has 162 valence electrons. The lowest BCUT2D eigenvalue weighted by atomic mass is 10.2. The Hall–Kier alpha value is -2.84. The second-order valence-electron chi connectivity index (χ2n) is 7.19. The highest BCUT2D eigenvalue weighted by Crippen LogP contribution is 2.30. The lowest BCUT2D eigenvalue weighted by molar-refractivity contribution is -0.132. The molecule has 0 radical (unpaired) electrons. The molecule has 0 spiro atoms. The van der Waals surface area contributed by atoms with Crippen molar-refractivity contribution >= 4 is 34.8 Å². The molecular weight excluding hydrogens is 439 g/mol. The van der Waals surface area contributed by atoms with E-state index in [1.807, 2.05) is 30.0 Å². The molecule has 0 bridgehead atoms. The molecule has 4 rings (SSSR count). The third-order valence-electron chi connectivity index (χ3n) is 5.38. The number of halogens is 2. The molecule has 2 aromatic heterocycles. The first-order chi connectivity index (χ1) is 15.0. The van der Waals surface area contributed by atoms with E-state index < -0.39 is 0 Å². The molecule has 31 heavy (non-hydrogen) atoms. The number of amides is 1. The SMILES string of the molecule is COc1cc(N2CCN(C(=O)Cn3nc(-c4ccncn4)c(Cl)c3C)CC2)ccc1Cl. The van der Waals surface area contributed by atoms with E-state index >= 15 is 0 Å². The number of methoxy groups -OCH3 is 1. The molecule has 1 aliphatic rings. The average molecular weight is 461 g/mol. The van der Waals surface area contributed by atoms with Crippen LogP contribution in [0.4, 0.5) is 5.69 Å². The van der Waals surface area contributed by atoms with E-state index in [0.717, 1.165) is 24.5 Å². The van der Waals surface area contributed by atoms with E-state index in [1.54, 1.807) is 24.1 Å². The first-order valence-corrected chi connectivity index (χ1v) is 10.6. The van der Waals surface area contributed by atoms with Crippen molar-refractivity contribution in [1.82, 2.24) is 24.6 Å². The molecule has 1 amide bonds.